The average Bonchev–Trinajstić information content (AvgIpc) is 3.21. The summed E-state index contributed by atoms with van der Waals surface area (Å²) in [6.07, 6.45) is 6.70. The average molecular weight is 378 g/mol. The first kappa shape index (κ1) is 17.1. The molecule has 0 aromatic carbocycles. The van der Waals surface area contributed by atoms with Crippen LogP contribution >= 0.6 is 0 Å². The largest absolute Gasteiger partial charge is 0.323 e. The highest BCUT2D eigenvalue weighted by Gasteiger charge is 2.52. The Morgan fingerprint density at radius 1 is 1.18 bits per heavy atom. The van der Waals surface area contributed by atoms with Crippen molar-refractivity contribution in [3.63, 3.8) is 0 Å². The standard InChI is InChI=1S/C19H22N8O/c1-12-8-15-21-11-22-27(15)10-13(12)23-18-20-9-14-16(24-18)19(17(28)26(14)3)4-6-25(2)7-5-19/h8-11H,4-7H2,1-3H3,(H,20,23,24). The third kappa shape index (κ3) is 2.39. The number of likely N-dealkylation sites (N-methyl/N-ethyl adjacent to an activating group) is 1. The number of hydrogen-bond acceptors (Lipinski definition) is 7. The Labute approximate surface area is 162 Å². The first-order valence-electron chi connectivity index (χ1n) is 9.39. The minimum atomic E-state index is -0.541. The van der Waals surface area contributed by atoms with Crippen molar-refractivity contribution >= 4 is 28.9 Å². The topological polar surface area (TPSA) is 91.5 Å². The van der Waals surface area contributed by atoms with E-state index in [-0.39, 0.29) is 5.91 Å². The number of rotatable bonds is 2. The highest BCUT2D eigenvalue weighted by molar-refractivity contribution is 6.07. The number of amides is 1. The number of nitrogens with one attached hydrogen (secondary N) is 1. The molecule has 0 bridgehead atoms. The van der Waals surface area contributed by atoms with Crippen LogP contribution in [0.25, 0.3) is 5.65 Å². The van der Waals surface area contributed by atoms with Crippen molar-refractivity contribution < 1.29 is 4.79 Å². The van der Waals surface area contributed by atoms with Crippen LogP contribution in [0.3, 0.4) is 0 Å². The van der Waals surface area contributed by atoms with Crippen LogP contribution in [0.15, 0.2) is 24.8 Å². The van der Waals surface area contributed by atoms with E-state index in [1.807, 2.05) is 26.2 Å². The number of carbonyl (C=O) groups excluding carboxylic acids is 1. The fourth-order valence-electron chi connectivity index (χ4n) is 4.22. The highest BCUT2D eigenvalue weighted by Crippen LogP contribution is 2.46. The summed E-state index contributed by atoms with van der Waals surface area (Å²) in [5, 5.41) is 7.48. The summed E-state index contributed by atoms with van der Waals surface area (Å²) in [6.45, 7) is 3.77. The van der Waals surface area contributed by atoms with E-state index in [1.54, 1.807) is 15.6 Å². The molecule has 1 amide bonds. The lowest BCUT2D eigenvalue weighted by molar-refractivity contribution is -0.124. The van der Waals surface area contributed by atoms with Crippen LogP contribution in [-0.2, 0) is 10.2 Å². The second kappa shape index (κ2) is 5.96. The molecule has 5 heterocycles. The number of aryl methyl sites for hydroxylation is 1. The van der Waals surface area contributed by atoms with Crippen molar-refractivity contribution in [2.75, 3.05) is 37.4 Å². The van der Waals surface area contributed by atoms with E-state index >= 15 is 0 Å². The fourth-order valence-corrected chi connectivity index (χ4v) is 4.22. The van der Waals surface area contributed by atoms with Gasteiger partial charge in [-0.15, -0.1) is 0 Å². The van der Waals surface area contributed by atoms with Crippen LogP contribution in [0, 0.1) is 6.92 Å². The molecule has 2 aliphatic rings. The molecule has 144 valence electrons. The van der Waals surface area contributed by atoms with E-state index in [4.69, 9.17) is 4.98 Å². The van der Waals surface area contributed by atoms with Crippen LogP contribution in [0.5, 0.6) is 0 Å². The van der Waals surface area contributed by atoms with Gasteiger partial charge in [0, 0.05) is 7.05 Å². The minimum Gasteiger partial charge on any atom is -0.323 e. The Kier molecular flexibility index (Phi) is 3.63. The van der Waals surface area contributed by atoms with E-state index in [0.717, 1.165) is 54.2 Å². The molecular weight excluding hydrogens is 356 g/mol. The van der Waals surface area contributed by atoms with Gasteiger partial charge in [-0.3, -0.25) is 4.79 Å². The maximum absolute atomic E-state index is 13.1. The molecule has 2 aliphatic heterocycles. The Bertz CT molecular complexity index is 1080. The molecule has 0 unspecified atom stereocenters. The minimum absolute atomic E-state index is 0.127. The predicted octanol–water partition coefficient (Wildman–Crippen LogP) is 1.51. The monoisotopic (exact) mass is 378 g/mol. The van der Waals surface area contributed by atoms with Crippen molar-refractivity contribution in [2.24, 2.45) is 0 Å². The zero-order valence-corrected chi connectivity index (χ0v) is 16.2. The normalized spacial score (nSPS) is 18.8. The van der Waals surface area contributed by atoms with Crippen molar-refractivity contribution in [1.82, 2.24) is 29.5 Å². The van der Waals surface area contributed by atoms with Gasteiger partial charge in [0.15, 0.2) is 5.65 Å². The number of likely N-dealkylation sites (tertiary alicyclic amines) is 1. The number of piperidine rings is 1. The van der Waals surface area contributed by atoms with Gasteiger partial charge in [-0.2, -0.15) is 5.10 Å². The quantitative estimate of drug-likeness (QED) is 0.723. The summed E-state index contributed by atoms with van der Waals surface area (Å²) >= 11 is 0. The van der Waals surface area contributed by atoms with Gasteiger partial charge in [-0.1, -0.05) is 0 Å². The fraction of sp³-hybridized carbons (Fsp3) is 0.421. The molecule has 9 nitrogen and oxygen atoms in total. The summed E-state index contributed by atoms with van der Waals surface area (Å²) in [5.41, 5.74) is 3.77. The van der Waals surface area contributed by atoms with Gasteiger partial charge in [0.1, 0.15) is 6.33 Å². The molecular formula is C19H22N8O. The predicted molar refractivity (Wildman–Crippen MR) is 105 cm³/mol. The molecule has 0 aliphatic carbocycles. The maximum Gasteiger partial charge on any atom is 0.239 e. The van der Waals surface area contributed by atoms with Crippen molar-refractivity contribution in [2.45, 2.75) is 25.2 Å². The van der Waals surface area contributed by atoms with Crippen molar-refractivity contribution in [1.29, 1.82) is 0 Å². The van der Waals surface area contributed by atoms with E-state index in [0.29, 0.717) is 5.95 Å². The number of aromatic nitrogens is 5. The molecule has 1 spiro atoms. The number of pyridine rings is 1. The molecule has 3 aromatic heterocycles. The molecule has 1 saturated heterocycles. The van der Waals surface area contributed by atoms with E-state index < -0.39 is 5.41 Å². The van der Waals surface area contributed by atoms with E-state index in [9.17, 15) is 4.79 Å². The number of hydrogen-bond donors (Lipinski definition) is 1. The molecule has 9 heteroatoms. The van der Waals surface area contributed by atoms with Crippen LogP contribution < -0.4 is 10.2 Å². The Balaban J connectivity index is 1.54. The highest BCUT2D eigenvalue weighted by atomic mass is 16.2. The molecule has 28 heavy (non-hydrogen) atoms. The Hall–Kier alpha value is -3.07. The summed E-state index contributed by atoms with van der Waals surface area (Å²) < 4.78 is 1.71. The van der Waals surface area contributed by atoms with Crippen LogP contribution in [0.4, 0.5) is 17.3 Å². The second-order valence-corrected chi connectivity index (χ2v) is 7.73. The zero-order chi connectivity index (χ0) is 19.5. The van der Waals surface area contributed by atoms with E-state index in [1.165, 1.54) is 6.33 Å². The lowest BCUT2D eigenvalue weighted by atomic mass is 9.76. The van der Waals surface area contributed by atoms with Gasteiger partial charge in [0.2, 0.25) is 11.9 Å². The number of fused-ring (bicyclic) bond motifs is 3. The first-order valence-corrected chi connectivity index (χ1v) is 9.39. The molecule has 5 rings (SSSR count). The third-order valence-corrected chi connectivity index (χ3v) is 6.01. The number of nitrogens with zero attached hydrogens (tertiary/aromatic N) is 7. The van der Waals surface area contributed by atoms with Gasteiger partial charge in [-0.25, -0.2) is 19.5 Å². The third-order valence-electron chi connectivity index (χ3n) is 6.01. The van der Waals surface area contributed by atoms with Crippen LogP contribution in [0.2, 0.25) is 0 Å². The number of carbonyl (C=O) groups is 1. The molecule has 1 N–H and O–H groups in total. The second-order valence-electron chi connectivity index (χ2n) is 7.73. The molecule has 0 radical (unpaired) electrons. The van der Waals surface area contributed by atoms with Crippen molar-refractivity contribution in [3.8, 4) is 0 Å². The smallest absolute Gasteiger partial charge is 0.239 e. The summed E-state index contributed by atoms with van der Waals surface area (Å²) in [6, 6.07) is 1.96. The van der Waals surface area contributed by atoms with E-state index in [2.05, 4.69) is 32.3 Å². The maximum atomic E-state index is 13.1. The van der Waals surface area contributed by atoms with Crippen LogP contribution in [0.1, 0.15) is 24.1 Å². The van der Waals surface area contributed by atoms with Gasteiger partial charge >= 0.3 is 0 Å². The lowest BCUT2D eigenvalue weighted by Crippen LogP contribution is -2.47. The first-order chi connectivity index (χ1) is 13.5. The van der Waals surface area contributed by atoms with Gasteiger partial charge in [-0.05, 0) is 51.5 Å². The van der Waals surface area contributed by atoms with Crippen molar-refractivity contribution in [3.05, 3.63) is 36.0 Å². The Morgan fingerprint density at radius 2 is 1.96 bits per heavy atom. The molecule has 0 atom stereocenters. The zero-order valence-electron chi connectivity index (χ0n) is 16.2. The summed E-state index contributed by atoms with van der Waals surface area (Å²) in [4.78, 5) is 30.5. The molecule has 1 fully saturated rings. The number of anilines is 3. The molecule has 3 aromatic rings. The summed E-state index contributed by atoms with van der Waals surface area (Å²) in [5.74, 6) is 0.616. The van der Waals surface area contributed by atoms with Gasteiger partial charge < -0.3 is 15.1 Å². The van der Waals surface area contributed by atoms with Gasteiger partial charge in [0.05, 0.1) is 34.9 Å². The van der Waals surface area contributed by atoms with Crippen LogP contribution in [-0.4, -0.2) is 62.6 Å². The Morgan fingerprint density at radius 3 is 2.75 bits per heavy atom. The summed E-state index contributed by atoms with van der Waals surface area (Å²) in [7, 11) is 3.90. The lowest BCUT2D eigenvalue weighted by Gasteiger charge is -2.35. The molecule has 0 saturated carbocycles. The SMILES string of the molecule is Cc1cc2ncnn2cc1Nc1ncc2c(n1)C1(CCN(C)CC1)C(=O)N2C. The van der Waals surface area contributed by atoms with Gasteiger partial charge in [0.25, 0.3) is 0 Å².